The normalized spacial score (nSPS) is 15.1. The van der Waals surface area contributed by atoms with Crippen LogP contribution in [0.25, 0.3) is 0 Å². The van der Waals surface area contributed by atoms with E-state index in [1.165, 1.54) is 5.56 Å². The van der Waals surface area contributed by atoms with E-state index in [4.69, 9.17) is 11.6 Å². The summed E-state index contributed by atoms with van der Waals surface area (Å²) in [5.74, 6) is 0. The van der Waals surface area contributed by atoms with Gasteiger partial charge in [0.15, 0.2) is 0 Å². The predicted octanol–water partition coefficient (Wildman–Crippen LogP) is 3.30. The topological polar surface area (TPSA) is 20.2 Å². The van der Waals surface area contributed by atoms with Crippen molar-refractivity contribution < 1.29 is 5.11 Å². The van der Waals surface area contributed by atoms with Crippen LogP contribution in [-0.4, -0.2) is 10.5 Å². The molecule has 1 aromatic rings. The van der Waals surface area contributed by atoms with E-state index < -0.39 is 6.10 Å². The van der Waals surface area contributed by atoms with E-state index in [1.807, 2.05) is 12.1 Å². The number of rotatable bonds is 4. The maximum atomic E-state index is 9.69. The highest BCUT2D eigenvalue weighted by Crippen LogP contribution is 2.21. The fraction of sp³-hybridized carbons (Fsp3) is 0.500. The molecule has 78 valence electrons. The largest absolute Gasteiger partial charge is 0.387 e. The van der Waals surface area contributed by atoms with E-state index >= 15 is 0 Å². The number of aryl methyl sites for hydroxylation is 1. The molecule has 14 heavy (non-hydrogen) atoms. The zero-order valence-electron chi connectivity index (χ0n) is 8.70. The van der Waals surface area contributed by atoms with Crippen molar-refractivity contribution >= 4 is 11.6 Å². The van der Waals surface area contributed by atoms with E-state index in [0.29, 0.717) is 0 Å². The second-order valence-corrected chi connectivity index (χ2v) is 4.30. The van der Waals surface area contributed by atoms with Crippen molar-refractivity contribution in [2.75, 3.05) is 0 Å². The Kier molecular flexibility index (Phi) is 4.43. The Morgan fingerprint density at radius 3 is 2.29 bits per heavy atom. The number of aliphatic hydroxyl groups is 1. The van der Waals surface area contributed by atoms with Crippen molar-refractivity contribution in [2.24, 2.45) is 0 Å². The van der Waals surface area contributed by atoms with Gasteiger partial charge >= 0.3 is 0 Å². The third kappa shape index (κ3) is 3.00. The van der Waals surface area contributed by atoms with E-state index in [9.17, 15) is 5.11 Å². The van der Waals surface area contributed by atoms with Crippen molar-refractivity contribution in [3.63, 3.8) is 0 Å². The number of hydrogen-bond acceptors (Lipinski definition) is 1. The first-order chi connectivity index (χ1) is 6.65. The number of hydrogen-bond donors (Lipinski definition) is 1. The minimum Gasteiger partial charge on any atom is -0.387 e. The first-order valence-corrected chi connectivity index (χ1v) is 5.49. The van der Waals surface area contributed by atoms with Crippen molar-refractivity contribution in [2.45, 2.75) is 38.2 Å². The van der Waals surface area contributed by atoms with Gasteiger partial charge in [-0.15, -0.1) is 11.6 Å². The molecule has 0 bridgehead atoms. The number of halogens is 1. The molecule has 0 aliphatic heterocycles. The van der Waals surface area contributed by atoms with Gasteiger partial charge in [0.05, 0.1) is 11.5 Å². The van der Waals surface area contributed by atoms with Crippen LogP contribution in [0, 0.1) is 0 Å². The van der Waals surface area contributed by atoms with Crippen LogP contribution in [0.15, 0.2) is 24.3 Å². The molecule has 1 rings (SSSR count). The summed E-state index contributed by atoms with van der Waals surface area (Å²) in [7, 11) is 0. The van der Waals surface area contributed by atoms with Gasteiger partial charge in [-0.1, -0.05) is 37.6 Å². The molecule has 2 atom stereocenters. The molecule has 0 aromatic heterocycles. The van der Waals surface area contributed by atoms with Crippen LogP contribution in [0.1, 0.15) is 37.5 Å². The van der Waals surface area contributed by atoms with E-state index in [-0.39, 0.29) is 5.38 Å². The molecule has 0 fully saturated rings. The minimum atomic E-state index is -0.563. The molecule has 0 saturated heterocycles. The van der Waals surface area contributed by atoms with E-state index in [1.54, 1.807) is 6.92 Å². The lowest BCUT2D eigenvalue weighted by Crippen LogP contribution is -2.07. The molecule has 0 aliphatic carbocycles. The Hall–Kier alpha value is -0.530. The van der Waals surface area contributed by atoms with Crippen molar-refractivity contribution in [1.29, 1.82) is 0 Å². The maximum absolute atomic E-state index is 9.69. The fourth-order valence-corrected chi connectivity index (χ4v) is 1.58. The molecular formula is C12H17ClO. The average molecular weight is 213 g/mol. The molecular weight excluding hydrogens is 196 g/mol. The number of benzene rings is 1. The quantitative estimate of drug-likeness (QED) is 0.760. The van der Waals surface area contributed by atoms with Crippen LogP contribution in [0.3, 0.4) is 0 Å². The summed E-state index contributed by atoms with van der Waals surface area (Å²) in [6, 6.07) is 8.02. The molecule has 0 amide bonds. The van der Waals surface area contributed by atoms with Gasteiger partial charge in [0.1, 0.15) is 0 Å². The summed E-state index contributed by atoms with van der Waals surface area (Å²) < 4.78 is 0. The lowest BCUT2D eigenvalue weighted by Gasteiger charge is -2.13. The molecule has 0 spiro atoms. The molecule has 0 radical (unpaired) electrons. The van der Waals surface area contributed by atoms with Crippen molar-refractivity contribution in [3.8, 4) is 0 Å². The lowest BCUT2D eigenvalue weighted by molar-refractivity contribution is 0.177. The first-order valence-electron chi connectivity index (χ1n) is 5.06. The minimum absolute atomic E-state index is 0.243. The molecule has 2 heteroatoms. The van der Waals surface area contributed by atoms with Crippen LogP contribution in [0.4, 0.5) is 0 Å². The number of aliphatic hydroxyl groups excluding tert-OH is 1. The van der Waals surface area contributed by atoms with Gasteiger partial charge in [-0.2, -0.15) is 0 Å². The summed E-state index contributed by atoms with van der Waals surface area (Å²) >= 11 is 5.81. The summed E-state index contributed by atoms with van der Waals surface area (Å²) in [4.78, 5) is 0. The summed E-state index contributed by atoms with van der Waals surface area (Å²) in [5, 5.41) is 9.44. The fourth-order valence-electron chi connectivity index (χ4n) is 1.44. The van der Waals surface area contributed by atoms with Crippen LogP contribution in [0.5, 0.6) is 0 Å². The Morgan fingerprint density at radius 2 is 1.86 bits per heavy atom. The molecule has 0 heterocycles. The van der Waals surface area contributed by atoms with Gasteiger partial charge in [-0.25, -0.2) is 0 Å². The number of alkyl halides is 1. The summed E-state index contributed by atoms with van der Waals surface area (Å²) in [6.07, 6.45) is 1.67. The maximum Gasteiger partial charge on any atom is 0.0950 e. The summed E-state index contributed by atoms with van der Waals surface area (Å²) in [5.41, 5.74) is 2.21. The van der Waals surface area contributed by atoms with Gasteiger partial charge in [0.25, 0.3) is 0 Å². The molecule has 1 N–H and O–H groups in total. The van der Waals surface area contributed by atoms with Gasteiger partial charge < -0.3 is 5.11 Å². The Bertz CT molecular complexity index is 266. The Labute approximate surface area is 90.7 Å². The highest BCUT2D eigenvalue weighted by Gasteiger charge is 2.12. The van der Waals surface area contributed by atoms with Crippen molar-refractivity contribution in [1.82, 2.24) is 0 Å². The van der Waals surface area contributed by atoms with Gasteiger partial charge in [-0.3, -0.25) is 0 Å². The third-order valence-electron chi connectivity index (χ3n) is 2.29. The molecule has 0 aliphatic rings. The molecule has 2 unspecified atom stereocenters. The van der Waals surface area contributed by atoms with Gasteiger partial charge in [0.2, 0.25) is 0 Å². The van der Waals surface area contributed by atoms with Gasteiger partial charge in [0, 0.05) is 0 Å². The molecule has 0 saturated carbocycles. The SMILES string of the molecule is CCCc1ccc(C(O)C(C)Cl)cc1. The van der Waals surface area contributed by atoms with E-state index in [2.05, 4.69) is 19.1 Å². The third-order valence-corrected chi connectivity index (χ3v) is 2.53. The first kappa shape index (κ1) is 11.5. The second kappa shape index (κ2) is 5.38. The standard InChI is InChI=1S/C12H17ClO/c1-3-4-10-5-7-11(8-6-10)12(14)9(2)13/h5-9,12,14H,3-4H2,1-2H3. The lowest BCUT2D eigenvalue weighted by atomic mass is 10.0. The highest BCUT2D eigenvalue weighted by molar-refractivity contribution is 6.20. The Morgan fingerprint density at radius 1 is 1.29 bits per heavy atom. The van der Waals surface area contributed by atoms with Crippen LogP contribution in [-0.2, 0) is 6.42 Å². The highest BCUT2D eigenvalue weighted by atomic mass is 35.5. The van der Waals surface area contributed by atoms with Crippen LogP contribution < -0.4 is 0 Å². The van der Waals surface area contributed by atoms with E-state index in [0.717, 1.165) is 18.4 Å². The average Bonchev–Trinajstić information content (AvgIpc) is 2.18. The smallest absolute Gasteiger partial charge is 0.0950 e. The van der Waals surface area contributed by atoms with Crippen LogP contribution >= 0.6 is 11.6 Å². The Balaban J connectivity index is 2.72. The van der Waals surface area contributed by atoms with Crippen LogP contribution in [0.2, 0.25) is 0 Å². The monoisotopic (exact) mass is 212 g/mol. The van der Waals surface area contributed by atoms with Crippen molar-refractivity contribution in [3.05, 3.63) is 35.4 Å². The zero-order chi connectivity index (χ0) is 10.6. The second-order valence-electron chi connectivity index (χ2n) is 3.61. The zero-order valence-corrected chi connectivity index (χ0v) is 9.46. The van der Waals surface area contributed by atoms with Gasteiger partial charge in [-0.05, 0) is 24.5 Å². The molecule has 1 aromatic carbocycles. The predicted molar refractivity (Wildman–Crippen MR) is 60.7 cm³/mol. The molecule has 1 nitrogen and oxygen atoms in total. The summed E-state index contributed by atoms with van der Waals surface area (Å²) in [6.45, 7) is 3.95.